The summed E-state index contributed by atoms with van der Waals surface area (Å²) < 4.78 is 15.1. The monoisotopic (exact) mass is 263 g/mol. The standard InChI is InChI=1S/C12H14FN5O/c1-2-18-7-6-10(17-18)15-12(19)8-4-3-5-9(13)11(8)16-14/h3-7,16H,2,14H2,1H3,(H,15,17,19). The normalized spacial score (nSPS) is 10.3. The maximum Gasteiger partial charge on any atom is 0.259 e. The number of nitrogens with two attached hydrogens (primary N) is 1. The van der Waals surface area contributed by atoms with Gasteiger partial charge in [0.05, 0.1) is 11.3 Å². The lowest BCUT2D eigenvalue weighted by Gasteiger charge is -2.09. The van der Waals surface area contributed by atoms with Crippen LogP contribution < -0.4 is 16.6 Å². The number of hydrogen-bond acceptors (Lipinski definition) is 4. The lowest BCUT2D eigenvalue weighted by molar-refractivity contribution is 0.102. The van der Waals surface area contributed by atoms with Crippen molar-refractivity contribution in [3.05, 3.63) is 41.8 Å². The van der Waals surface area contributed by atoms with Crippen LogP contribution in [0.1, 0.15) is 17.3 Å². The van der Waals surface area contributed by atoms with Gasteiger partial charge in [-0.3, -0.25) is 15.3 Å². The van der Waals surface area contributed by atoms with E-state index < -0.39 is 11.7 Å². The number of benzene rings is 1. The largest absolute Gasteiger partial charge is 0.321 e. The molecule has 0 bridgehead atoms. The lowest BCUT2D eigenvalue weighted by Crippen LogP contribution is -2.18. The van der Waals surface area contributed by atoms with Crippen molar-refractivity contribution >= 4 is 17.4 Å². The molecule has 0 aliphatic heterocycles. The quantitative estimate of drug-likeness (QED) is 0.577. The number of nitrogen functional groups attached to an aromatic ring is 1. The number of aryl methyl sites for hydroxylation is 1. The molecule has 0 fully saturated rings. The maximum absolute atomic E-state index is 13.5. The summed E-state index contributed by atoms with van der Waals surface area (Å²) in [6, 6.07) is 5.80. The molecule has 0 aliphatic carbocycles. The summed E-state index contributed by atoms with van der Waals surface area (Å²) in [6.45, 7) is 2.63. The number of para-hydroxylation sites is 1. The lowest BCUT2D eigenvalue weighted by atomic mass is 10.1. The van der Waals surface area contributed by atoms with E-state index in [4.69, 9.17) is 5.84 Å². The van der Waals surface area contributed by atoms with Crippen molar-refractivity contribution in [2.45, 2.75) is 13.5 Å². The SMILES string of the molecule is CCn1ccc(NC(=O)c2cccc(F)c2NN)n1. The number of nitrogens with one attached hydrogen (secondary N) is 2. The second kappa shape index (κ2) is 5.49. The van der Waals surface area contributed by atoms with Crippen LogP contribution >= 0.6 is 0 Å². The van der Waals surface area contributed by atoms with E-state index in [-0.39, 0.29) is 11.3 Å². The number of aromatic nitrogens is 2. The Labute approximate surface area is 109 Å². The first-order valence-electron chi connectivity index (χ1n) is 5.75. The van der Waals surface area contributed by atoms with Crippen LogP contribution in [0.4, 0.5) is 15.9 Å². The molecule has 7 heteroatoms. The smallest absolute Gasteiger partial charge is 0.259 e. The number of hydrogen-bond donors (Lipinski definition) is 3. The summed E-state index contributed by atoms with van der Waals surface area (Å²) in [5, 5.41) is 6.69. The Morgan fingerprint density at radius 3 is 2.89 bits per heavy atom. The van der Waals surface area contributed by atoms with Crippen molar-refractivity contribution in [2.24, 2.45) is 5.84 Å². The van der Waals surface area contributed by atoms with Crippen molar-refractivity contribution in [1.29, 1.82) is 0 Å². The highest BCUT2D eigenvalue weighted by Gasteiger charge is 2.15. The highest BCUT2D eigenvalue weighted by atomic mass is 19.1. The van der Waals surface area contributed by atoms with Crippen LogP contribution in [0.25, 0.3) is 0 Å². The Morgan fingerprint density at radius 1 is 1.47 bits per heavy atom. The third kappa shape index (κ3) is 2.71. The van der Waals surface area contributed by atoms with E-state index in [1.807, 2.05) is 6.92 Å². The number of hydrazine groups is 1. The van der Waals surface area contributed by atoms with Gasteiger partial charge in [0.25, 0.3) is 5.91 Å². The minimum Gasteiger partial charge on any atom is -0.321 e. The fourth-order valence-corrected chi connectivity index (χ4v) is 1.65. The molecule has 0 saturated carbocycles. The average molecular weight is 263 g/mol. The topological polar surface area (TPSA) is 85.0 Å². The molecule has 1 amide bonds. The average Bonchev–Trinajstić information content (AvgIpc) is 2.86. The van der Waals surface area contributed by atoms with Gasteiger partial charge in [0, 0.05) is 18.8 Å². The summed E-state index contributed by atoms with van der Waals surface area (Å²) in [7, 11) is 0. The van der Waals surface area contributed by atoms with Crippen molar-refractivity contribution < 1.29 is 9.18 Å². The summed E-state index contributed by atoms with van der Waals surface area (Å²) in [4.78, 5) is 12.0. The summed E-state index contributed by atoms with van der Waals surface area (Å²) in [5.41, 5.74) is 2.26. The van der Waals surface area contributed by atoms with Gasteiger partial charge in [0.1, 0.15) is 5.82 Å². The molecular weight excluding hydrogens is 249 g/mol. The number of carbonyl (C=O) groups is 1. The second-order valence-corrected chi connectivity index (χ2v) is 3.82. The van der Waals surface area contributed by atoms with E-state index in [1.165, 1.54) is 18.2 Å². The minimum absolute atomic E-state index is 0.0464. The van der Waals surface area contributed by atoms with Crippen molar-refractivity contribution in [3.8, 4) is 0 Å². The molecule has 2 aromatic rings. The molecule has 6 nitrogen and oxygen atoms in total. The van der Waals surface area contributed by atoms with Crippen LogP contribution in [-0.2, 0) is 6.54 Å². The predicted octanol–water partition coefficient (Wildman–Crippen LogP) is 1.58. The molecular formula is C12H14FN5O. The van der Waals surface area contributed by atoms with E-state index in [2.05, 4.69) is 15.8 Å². The molecule has 19 heavy (non-hydrogen) atoms. The Hall–Kier alpha value is -2.41. The van der Waals surface area contributed by atoms with Crippen LogP contribution in [0.2, 0.25) is 0 Å². The van der Waals surface area contributed by atoms with Crippen molar-refractivity contribution in [1.82, 2.24) is 9.78 Å². The van der Waals surface area contributed by atoms with E-state index in [0.29, 0.717) is 12.4 Å². The number of nitrogens with zero attached hydrogens (tertiary/aromatic N) is 2. The first kappa shape index (κ1) is 13.0. The molecule has 0 radical (unpaired) electrons. The number of amides is 1. The summed E-state index contributed by atoms with van der Waals surface area (Å²) >= 11 is 0. The van der Waals surface area contributed by atoms with Crippen molar-refractivity contribution in [3.63, 3.8) is 0 Å². The van der Waals surface area contributed by atoms with Gasteiger partial charge in [0.15, 0.2) is 5.82 Å². The van der Waals surface area contributed by atoms with Gasteiger partial charge in [-0.25, -0.2) is 4.39 Å². The fourth-order valence-electron chi connectivity index (χ4n) is 1.65. The van der Waals surface area contributed by atoms with Gasteiger partial charge in [-0.05, 0) is 19.1 Å². The van der Waals surface area contributed by atoms with Crippen LogP contribution in [-0.4, -0.2) is 15.7 Å². The second-order valence-electron chi connectivity index (χ2n) is 3.82. The molecule has 4 N–H and O–H groups in total. The van der Waals surface area contributed by atoms with E-state index >= 15 is 0 Å². The third-order valence-electron chi connectivity index (χ3n) is 2.61. The van der Waals surface area contributed by atoms with E-state index in [1.54, 1.807) is 16.9 Å². The number of rotatable bonds is 4. The van der Waals surface area contributed by atoms with Crippen LogP contribution in [0, 0.1) is 5.82 Å². The molecule has 100 valence electrons. The molecule has 0 unspecified atom stereocenters. The van der Waals surface area contributed by atoms with Gasteiger partial charge in [-0.1, -0.05) is 6.07 Å². The Balaban J connectivity index is 2.22. The van der Waals surface area contributed by atoms with Crippen LogP contribution in [0.3, 0.4) is 0 Å². The molecule has 1 aromatic heterocycles. The van der Waals surface area contributed by atoms with E-state index in [9.17, 15) is 9.18 Å². The minimum atomic E-state index is -0.589. The number of halogens is 1. The van der Waals surface area contributed by atoms with Gasteiger partial charge in [-0.2, -0.15) is 5.10 Å². The summed E-state index contributed by atoms with van der Waals surface area (Å²) in [5.74, 6) is 4.55. The van der Waals surface area contributed by atoms with E-state index in [0.717, 1.165) is 0 Å². The molecule has 0 saturated heterocycles. The van der Waals surface area contributed by atoms with Crippen LogP contribution in [0.5, 0.6) is 0 Å². The van der Waals surface area contributed by atoms with Gasteiger partial charge < -0.3 is 10.7 Å². The van der Waals surface area contributed by atoms with Crippen molar-refractivity contribution in [2.75, 3.05) is 10.7 Å². The highest BCUT2D eigenvalue weighted by molar-refractivity contribution is 6.07. The van der Waals surface area contributed by atoms with Crippen LogP contribution in [0.15, 0.2) is 30.5 Å². The molecule has 2 rings (SSSR count). The first-order chi connectivity index (χ1) is 9.15. The van der Waals surface area contributed by atoms with Gasteiger partial charge >= 0.3 is 0 Å². The van der Waals surface area contributed by atoms with Gasteiger partial charge in [0.2, 0.25) is 0 Å². The molecule has 0 aliphatic rings. The Kier molecular flexibility index (Phi) is 3.76. The third-order valence-corrected chi connectivity index (χ3v) is 2.61. The predicted molar refractivity (Wildman–Crippen MR) is 70.1 cm³/mol. The zero-order valence-electron chi connectivity index (χ0n) is 10.4. The molecule has 1 heterocycles. The summed E-state index contributed by atoms with van der Waals surface area (Å²) in [6.07, 6.45) is 1.74. The highest BCUT2D eigenvalue weighted by Crippen LogP contribution is 2.19. The fraction of sp³-hybridized carbons (Fsp3) is 0.167. The number of anilines is 2. The Morgan fingerprint density at radius 2 is 2.26 bits per heavy atom. The zero-order valence-corrected chi connectivity index (χ0v) is 10.4. The molecule has 1 aromatic carbocycles. The first-order valence-corrected chi connectivity index (χ1v) is 5.75. The molecule has 0 atom stereocenters. The van der Waals surface area contributed by atoms with Gasteiger partial charge in [-0.15, -0.1) is 0 Å². The number of carbonyl (C=O) groups excluding carboxylic acids is 1. The zero-order chi connectivity index (χ0) is 13.8. The Bertz CT molecular complexity index is 596. The maximum atomic E-state index is 13.5. The molecule has 0 spiro atoms.